The quantitative estimate of drug-likeness (QED) is 0.541. The van der Waals surface area contributed by atoms with Crippen LogP contribution in [0.25, 0.3) is 0 Å². The lowest BCUT2D eigenvalue weighted by molar-refractivity contribution is 0.331. The molecule has 0 aromatic heterocycles. The van der Waals surface area contributed by atoms with E-state index in [-0.39, 0.29) is 0 Å². The van der Waals surface area contributed by atoms with Gasteiger partial charge in [0.25, 0.3) is 0 Å². The average Bonchev–Trinajstić information content (AvgIpc) is 2.52. The smallest absolute Gasteiger partial charge is 0.213 e. The molecule has 7 heteroatoms. The molecule has 0 radical (unpaired) electrons. The summed E-state index contributed by atoms with van der Waals surface area (Å²) in [6, 6.07) is 15.0. The van der Waals surface area contributed by atoms with Crippen LogP contribution in [0.3, 0.4) is 0 Å². The molecule has 0 saturated carbocycles. The normalized spacial score (nSPS) is 12.0. The van der Waals surface area contributed by atoms with E-state index >= 15 is 0 Å². The minimum absolute atomic E-state index is 0.547. The molecule has 0 atom stereocenters. The molecule has 2 aromatic carbocycles. The van der Waals surface area contributed by atoms with Crippen LogP contribution in [0.15, 0.2) is 48.5 Å². The third-order valence-corrected chi connectivity index (χ3v) is 9.64. The van der Waals surface area contributed by atoms with Crippen molar-refractivity contribution in [1.82, 2.24) is 0 Å². The number of hydrogen-bond acceptors (Lipinski definition) is 5. The zero-order valence-electron chi connectivity index (χ0n) is 15.4. The molecular formula is C18H28N2O3Si2. The lowest BCUT2D eigenvalue weighted by Crippen LogP contribution is -2.51. The van der Waals surface area contributed by atoms with Crippen molar-refractivity contribution in [1.29, 1.82) is 0 Å². The highest BCUT2D eigenvalue weighted by Crippen LogP contribution is 2.24. The van der Waals surface area contributed by atoms with Gasteiger partial charge in [-0.1, -0.05) is 24.3 Å². The number of para-hydroxylation sites is 4. The number of anilines is 2. The summed E-state index contributed by atoms with van der Waals surface area (Å²) in [5.41, 5.74) is 13.1. The SMILES string of the molecule is C[Si](C)(COc1ccccc1N)O[Si](C)(C)COc1ccccc1N. The number of rotatable bonds is 8. The van der Waals surface area contributed by atoms with Crippen LogP contribution in [-0.4, -0.2) is 29.1 Å². The van der Waals surface area contributed by atoms with Crippen LogP contribution in [0.4, 0.5) is 11.4 Å². The van der Waals surface area contributed by atoms with Crippen molar-refractivity contribution in [2.45, 2.75) is 26.2 Å². The van der Waals surface area contributed by atoms with Crippen LogP contribution in [0.5, 0.6) is 11.5 Å². The van der Waals surface area contributed by atoms with Crippen molar-refractivity contribution in [2.75, 3.05) is 23.9 Å². The summed E-state index contributed by atoms with van der Waals surface area (Å²) in [5.74, 6) is 1.42. The van der Waals surface area contributed by atoms with Gasteiger partial charge in [-0.2, -0.15) is 0 Å². The van der Waals surface area contributed by atoms with Gasteiger partial charge in [0.15, 0.2) is 0 Å². The molecule has 0 fully saturated rings. The number of hydrogen-bond donors (Lipinski definition) is 2. The van der Waals surface area contributed by atoms with Crippen molar-refractivity contribution in [3.63, 3.8) is 0 Å². The molecule has 0 bridgehead atoms. The highest BCUT2D eigenvalue weighted by Gasteiger charge is 2.35. The summed E-state index contributed by atoms with van der Waals surface area (Å²) < 4.78 is 18.3. The molecule has 0 aliphatic rings. The van der Waals surface area contributed by atoms with Crippen LogP contribution in [0.1, 0.15) is 0 Å². The molecule has 0 amide bonds. The van der Waals surface area contributed by atoms with Crippen LogP contribution in [-0.2, 0) is 4.12 Å². The Morgan fingerprint density at radius 3 is 1.40 bits per heavy atom. The molecule has 2 rings (SSSR count). The van der Waals surface area contributed by atoms with Crippen molar-refractivity contribution >= 4 is 28.0 Å². The van der Waals surface area contributed by atoms with Crippen molar-refractivity contribution in [2.24, 2.45) is 0 Å². The Morgan fingerprint density at radius 1 is 0.680 bits per heavy atom. The van der Waals surface area contributed by atoms with Gasteiger partial charge in [0.1, 0.15) is 24.0 Å². The van der Waals surface area contributed by atoms with Gasteiger partial charge in [-0.05, 0) is 50.5 Å². The molecule has 0 heterocycles. The monoisotopic (exact) mass is 376 g/mol. The van der Waals surface area contributed by atoms with Crippen LogP contribution >= 0.6 is 0 Å². The van der Waals surface area contributed by atoms with E-state index in [1.165, 1.54) is 0 Å². The molecule has 0 aliphatic carbocycles. The zero-order chi connectivity index (χ0) is 18.5. The largest absolute Gasteiger partial charge is 0.492 e. The van der Waals surface area contributed by atoms with Gasteiger partial charge in [-0.3, -0.25) is 0 Å². The average molecular weight is 377 g/mol. The van der Waals surface area contributed by atoms with Gasteiger partial charge in [-0.15, -0.1) is 0 Å². The number of ether oxygens (including phenoxy) is 2. The van der Waals surface area contributed by atoms with Gasteiger partial charge >= 0.3 is 0 Å². The second-order valence-electron chi connectivity index (χ2n) is 7.27. The summed E-state index contributed by atoms with van der Waals surface area (Å²) in [6.07, 6.45) is 1.09. The Kier molecular flexibility index (Phi) is 6.15. The van der Waals surface area contributed by atoms with Crippen molar-refractivity contribution < 1.29 is 13.6 Å². The summed E-state index contributed by atoms with van der Waals surface area (Å²) in [7, 11) is -4.05. The highest BCUT2D eigenvalue weighted by atomic mass is 28.4. The number of nitrogens with two attached hydrogens (primary N) is 2. The van der Waals surface area contributed by atoms with E-state index in [1.54, 1.807) is 0 Å². The molecule has 0 unspecified atom stereocenters. The summed E-state index contributed by atoms with van der Waals surface area (Å²) in [4.78, 5) is 0. The van der Waals surface area contributed by atoms with Gasteiger partial charge in [0, 0.05) is 0 Å². The molecule has 0 spiro atoms. The zero-order valence-corrected chi connectivity index (χ0v) is 17.4. The fourth-order valence-electron chi connectivity index (χ4n) is 2.53. The number of nitrogen functional groups attached to an aromatic ring is 2. The third kappa shape index (κ3) is 6.11. The van der Waals surface area contributed by atoms with E-state index in [1.807, 2.05) is 48.5 Å². The summed E-state index contributed by atoms with van der Waals surface area (Å²) in [5, 5.41) is 0. The molecule has 0 saturated heterocycles. The maximum Gasteiger partial charge on any atom is 0.213 e. The Bertz CT molecular complexity index is 649. The molecule has 25 heavy (non-hydrogen) atoms. The van der Waals surface area contributed by atoms with Crippen LogP contribution in [0, 0.1) is 0 Å². The Hall–Kier alpha value is -1.97. The molecule has 5 nitrogen and oxygen atoms in total. The first-order chi connectivity index (χ1) is 11.7. The van der Waals surface area contributed by atoms with E-state index in [0.29, 0.717) is 35.3 Å². The van der Waals surface area contributed by atoms with E-state index in [2.05, 4.69) is 26.2 Å². The predicted molar refractivity (Wildman–Crippen MR) is 109 cm³/mol. The Balaban J connectivity index is 1.91. The van der Waals surface area contributed by atoms with E-state index < -0.39 is 16.6 Å². The summed E-state index contributed by atoms with van der Waals surface area (Å²) in [6.45, 7) is 8.60. The second kappa shape index (κ2) is 7.94. The van der Waals surface area contributed by atoms with Gasteiger partial charge in [-0.25, -0.2) is 0 Å². The fourth-order valence-corrected chi connectivity index (χ4v) is 10.00. The minimum atomic E-state index is -2.02. The third-order valence-electron chi connectivity index (χ3n) is 3.54. The second-order valence-corrected chi connectivity index (χ2v) is 15.7. The molecule has 2 aromatic rings. The first-order valence-electron chi connectivity index (χ1n) is 8.33. The maximum atomic E-state index is 6.49. The van der Waals surface area contributed by atoms with Crippen molar-refractivity contribution in [3.8, 4) is 11.5 Å². The topological polar surface area (TPSA) is 79.7 Å². The lowest BCUT2D eigenvalue weighted by atomic mass is 10.3. The Morgan fingerprint density at radius 2 is 1.04 bits per heavy atom. The standard InChI is InChI=1S/C18H28N2O3Si2/c1-24(2,13-21-17-11-7-5-9-15(17)19)23-25(3,4)14-22-18-12-8-6-10-16(18)20/h5-12H,13-14,19-20H2,1-4H3. The highest BCUT2D eigenvalue weighted by molar-refractivity contribution is 6.84. The van der Waals surface area contributed by atoms with Crippen molar-refractivity contribution in [3.05, 3.63) is 48.5 Å². The maximum absolute atomic E-state index is 6.49. The van der Waals surface area contributed by atoms with Crippen LogP contribution in [0.2, 0.25) is 26.2 Å². The van der Waals surface area contributed by atoms with E-state index in [0.717, 1.165) is 0 Å². The van der Waals surface area contributed by atoms with Gasteiger partial charge < -0.3 is 25.1 Å². The fraction of sp³-hybridized carbons (Fsp3) is 0.333. The predicted octanol–water partition coefficient (Wildman–Crippen LogP) is 3.81. The molecule has 136 valence electrons. The van der Waals surface area contributed by atoms with Gasteiger partial charge in [0.2, 0.25) is 16.6 Å². The minimum Gasteiger partial charge on any atom is -0.492 e. The molecular weight excluding hydrogens is 348 g/mol. The molecule has 0 aliphatic heterocycles. The first kappa shape index (κ1) is 19.4. The van der Waals surface area contributed by atoms with Crippen LogP contribution < -0.4 is 20.9 Å². The first-order valence-corrected chi connectivity index (χ1v) is 14.6. The number of benzene rings is 2. The van der Waals surface area contributed by atoms with E-state index in [9.17, 15) is 0 Å². The van der Waals surface area contributed by atoms with Gasteiger partial charge in [0.05, 0.1) is 11.4 Å². The summed E-state index contributed by atoms with van der Waals surface area (Å²) >= 11 is 0. The molecule has 4 N–H and O–H groups in total. The lowest BCUT2D eigenvalue weighted by Gasteiger charge is -2.33. The Labute approximate surface area is 152 Å². The van der Waals surface area contributed by atoms with E-state index in [4.69, 9.17) is 25.1 Å².